The highest BCUT2D eigenvalue weighted by Crippen LogP contribution is 2.23. The summed E-state index contributed by atoms with van der Waals surface area (Å²) < 4.78 is 38.0. The zero-order valence-electron chi connectivity index (χ0n) is 18.3. The van der Waals surface area contributed by atoms with Crippen LogP contribution in [0.4, 0.5) is 14.6 Å². The predicted molar refractivity (Wildman–Crippen MR) is 119 cm³/mol. The number of esters is 1. The number of fused-ring (bicyclic) bond motifs is 1. The van der Waals surface area contributed by atoms with E-state index in [0.29, 0.717) is 11.4 Å². The average molecular weight is 470 g/mol. The van der Waals surface area contributed by atoms with Crippen molar-refractivity contribution in [2.24, 2.45) is 0 Å². The lowest BCUT2D eigenvalue weighted by molar-refractivity contribution is -0.140. The van der Waals surface area contributed by atoms with E-state index in [1.807, 2.05) is 0 Å². The molecular weight excluding hydrogens is 450 g/mol. The van der Waals surface area contributed by atoms with Crippen molar-refractivity contribution >= 4 is 17.9 Å². The van der Waals surface area contributed by atoms with Gasteiger partial charge >= 0.3 is 11.7 Å². The van der Waals surface area contributed by atoms with E-state index in [-0.39, 0.29) is 42.2 Å². The van der Waals surface area contributed by atoms with Gasteiger partial charge in [0.15, 0.2) is 11.6 Å². The Hall–Kier alpha value is -4.28. The fraction of sp³-hybridized carbons (Fsp3) is 0.217. The predicted octanol–water partition coefficient (Wildman–Crippen LogP) is 1.84. The number of benzene rings is 1. The number of carbonyl (C=O) groups excluding carboxylic acids is 1. The Morgan fingerprint density at radius 3 is 2.68 bits per heavy atom. The summed E-state index contributed by atoms with van der Waals surface area (Å²) in [7, 11) is 3.09. The molecule has 9 nitrogen and oxygen atoms in total. The molecule has 176 valence electrons. The molecule has 0 fully saturated rings. The van der Waals surface area contributed by atoms with Gasteiger partial charge in [-0.15, -0.1) is 0 Å². The Balaban J connectivity index is 1.61. The Kier molecular flexibility index (Phi) is 6.26. The van der Waals surface area contributed by atoms with Gasteiger partial charge < -0.3 is 14.4 Å². The third kappa shape index (κ3) is 4.58. The highest BCUT2D eigenvalue weighted by atomic mass is 19.2. The molecule has 34 heavy (non-hydrogen) atoms. The maximum atomic E-state index is 13.6. The Morgan fingerprint density at radius 1 is 1.15 bits per heavy atom. The van der Waals surface area contributed by atoms with E-state index in [0.717, 1.165) is 16.7 Å². The molecular formula is C23H20F2N4O5. The minimum Gasteiger partial charge on any atom is -0.481 e. The zero-order chi connectivity index (χ0) is 24.4. The van der Waals surface area contributed by atoms with Gasteiger partial charge in [-0.25, -0.2) is 23.4 Å². The highest BCUT2D eigenvalue weighted by molar-refractivity contribution is 5.97. The standard InChI is InChI=1S/C23H20F2N4O5/c1-28-11-15(22(31)34-12-14-5-6-26-19(8-14)33-2)9-16-20(28)27-23(32)29(21(16)30)10-13-3-4-17(24)18(25)7-13/h3-9H,10-12H2,1-2H3,(H,27,32). The average Bonchev–Trinajstić information content (AvgIpc) is 2.83. The number of likely N-dealkylation sites (N-methyl/N-ethyl adjacent to an activating group) is 1. The molecule has 0 saturated carbocycles. The molecule has 1 aliphatic rings. The van der Waals surface area contributed by atoms with Crippen molar-refractivity contribution < 1.29 is 23.0 Å². The third-order valence-corrected chi connectivity index (χ3v) is 5.27. The van der Waals surface area contributed by atoms with Crippen molar-refractivity contribution in [3.05, 3.63) is 91.3 Å². The van der Waals surface area contributed by atoms with E-state index in [4.69, 9.17) is 9.47 Å². The number of rotatable bonds is 6. The van der Waals surface area contributed by atoms with Gasteiger partial charge in [0.1, 0.15) is 12.4 Å². The van der Waals surface area contributed by atoms with Crippen LogP contribution in [-0.4, -0.2) is 41.2 Å². The summed E-state index contributed by atoms with van der Waals surface area (Å²) in [5.74, 6) is -2.13. The van der Waals surface area contributed by atoms with Gasteiger partial charge in [-0.05, 0) is 35.4 Å². The highest BCUT2D eigenvalue weighted by Gasteiger charge is 2.25. The summed E-state index contributed by atoms with van der Waals surface area (Å²) >= 11 is 0. The smallest absolute Gasteiger partial charge is 0.336 e. The van der Waals surface area contributed by atoms with Gasteiger partial charge in [0, 0.05) is 19.3 Å². The van der Waals surface area contributed by atoms with E-state index in [2.05, 4.69) is 9.97 Å². The number of aromatic amines is 1. The minimum absolute atomic E-state index is 0.0301. The molecule has 4 rings (SSSR count). The molecule has 0 spiro atoms. The number of methoxy groups -OCH3 is 1. The van der Waals surface area contributed by atoms with Crippen LogP contribution in [0.2, 0.25) is 0 Å². The fourth-order valence-electron chi connectivity index (χ4n) is 3.54. The number of nitrogens with one attached hydrogen (secondary N) is 1. The number of ether oxygens (including phenoxy) is 2. The molecule has 0 radical (unpaired) electrons. The number of hydrogen-bond donors (Lipinski definition) is 1. The number of nitrogens with zero attached hydrogens (tertiary/aromatic N) is 3. The minimum atomic E-state index is -1.09. The maximum absolute atomic E-state index is 13.6. The van der Waals surface area contributed by atoms with Gasteiger partial charge in [-0.2, -0.15) is 0 Å². The van der Waals surface area contributed by atoms with Crippen LogP contribution in [0, 0.1) is 11.6 Å². The van der Waals surface area contributed by atoms with Crippen LogP contribution in [0.3, 0.4) is 0 Å². The first-order valence-electron chi connectivity index (χ1n) is 10.2. The summed E-state index contributed by atoms with van der Waals surface area (Å²) in [6.45, 7) is -0.203. The summed E-state index contributed by atoms with van der Waals surface area (Å²) in [4.78, 5) is 46.4. The van der Waals surface area contributed by atoms with Gasteiger partial charge in [0.25, 0.3) is 5.56 Å². The lowest BCUT2D eigenvalue weighted by Gasteiger charge is -2.26. The van der Waals surface area contributed by atoms with Crippen LogP contribution in [0.1, 0.15) is 16.7 Å². The maximum Gasteiger partial charge on any atom is 0.336 e. The summed E-state index contributed by atoms with van der Waals surface area (Å²) in [6, 6.07) is 6.42. The largest absolute Gasteiger partial charge is 0.481 e. The molecule has 0 atom stereocenters. The van der Waals surface area contributed by atoms with Crippen molar-refractivity contribution in [2.45, 2.75) is 13.2 Å². The SMILES string of the molecule is COc1cc(COC(=O)C2=Cc3c([nH]c(=O)n(Cc4ccc(F)c(F)c4)c3=O)N(C)C2)ccn1. The summed E-state index contributed by atoms with van der Waals surface area (Å²) in [5.41, 5.74) is -0.214. The second-order valence-corrected chi connectivity index (χ2v) is 7.64. The molecule has 3 aromatic rings. The van der Waals surface area contributed by atoms with Gasteiger partial charge in [0.05, 0.1) is 31.3 Å². The van der Waals surface area contributed by atoms with Crippen LogP contribution in [0.5, 0.6) is 5.88 Å². The first-order chi connectivity index (χ1) is 16.3. The van der Waals surface area contributed by atoms with Crippen LogP contribution in [0.15, 0.2) is 51.7 Å². The lowest BCUT2D eigenvalue weighted by atomic mass is 10.1. The molecule has 1 aromatic carbocycles. The number of aromatic nitrogens is 3. The molecule has 0 aliphatic carbocycles. The Morgan fingerprint density at radius 2 is 1.94 bits per heavy atom. The van der Waals surface area contributed by atoms with Crippen molar-refractivity contribution in [1.82, 2.24) is 14.5 Å². The summed E-state index contributed by atoms with van der Waals surface area (Å²) in [5, 5.41) is 0. The van der Waals surface area contributed by atoms with Gasteiger partial charge in [-0.3, -0.25) is 14.3 Å². The molecule has 3 heterocycles. The monoisotopic (exact) mass is 470 g/mol. The van der Waals surface area contributed by atoms with Crippen LogP contribution in [0.25, 0.3) is 6.08 Å². The molecule has 0 amide bonds. The van der Waals surface area contributed by atoms with Crippen molar-refractivity contribution in [2.75, 3.05) is 25.6 Å². The van der Waals surface area contributed by atoms with Crippen LogP contribution < -0.4 is 20.9 Å². The molecule has 1 N–H and O–H groups in total. The van der Waals surface area contributed by atoms with Crippen molar-refractivity contribution in [1.29, 1.82) is 0 Å². The van der Waals surface area contributed by atoms with Crippen molar-refractivity contribution in [3.63, 3.8) is 0 Å². The van der Waals surface area contributed by atoms with E-state index < -0.39 is 28.9 Å². The number of H-pyrrole nitrogens is 1. The van der Waals surface area contributed by atoms with Crippen LogP contribution in [-0.2, 0) is 22.7 Å². The quantitative estimate of drug-likeness (QED) is 0.548. The van der Waals surface area contributed by atoms with Crippen LogP contribution >= 0.6 is 0 Å². The molecule has 1 aliphatic heterocycles. The topological polar surface area (TPSA) is 107 Å². The van der Waals surface area contributed by atoms with Gasteiger partial charge in [0.2, 0.25) is 5.88 Å². The van der Waals surface area contributed by atoms with E-state index in [1.54, 1.807) is 24.1 Å². The second kappa shape index (κ2) is 9.30. The molecule has 0 unspecified atom stereocenters. The van der Waals surface area contributed by atoms with Crippen molar-refractivity contribution in [3.8, 4) is 5.88 Å². The van der Waals surface area contributed by atoms with E-state index >= 15 is 0 Å². The molecule has 11 heteroatoms. The second-order valence-electron chi connectivity index (χ2n) is 7.64. The number of hydrogen-bond acceptors (Lipinski definition) is 7. The number of carbonyl (C=O) groups is 1. The Bertz CT molecular complexity index is 1410. The molecule has 0 saturated heterocycles. The Labute approximate surface area is 191 Å². The summed E-state index contributed by atoms with van der Waals surface area (Å²) in [6.07, 6.45) is 2.89. The van der Waals surface area contributed by atoms with E-state index in [1.165, 1.54) is 25.4 Å². The number of anilines is 1. The molecule has 0 bridgehead atoms. The first kappa shape index (κ1) is 22.9. The lowest BCUT2D eigenvalue weighted by Crippen LogP contribution is -2.41. The third-order valence-electron chi connectivity index (χ3n) is 5.27. The van der Waals surface area contributed by atoms with Gasteiger partial charge in [-0.1, -0.05) is 6.07 Å². The molecule has 2 aromatic heterocycles. The zero-order valence-corrected chi connectivity index (χ0v) is 18.3. The fourth-order valence-corrected chi connectivity index (χ4v) is 3.54. The normalized spacial score (nSPS) is 12.7. The number of pyridine rings is 1. The number of halogens is 2. The van der Waals surface area contributed by atoms with E-state index in [9.17, 15) is 23.2 Å². The first-order valence-corrected chi connectivity index (χ1v) is 10.2.